The van der Waals surface area contributed by atoms with E-state index in [1.165, 1.54) is 0 Å². The quantitative estimate of drug-likeness (QED) is 0.833. The maximum atomic E-state index is 5.90. The molecule has 0 bridgehead atoms. The highest BCUT2D eigenvalue weighted by Crippen LogP contribution is 2.28. The van der Waals surface area contributed by atoms with Crippen molar-refractivity contribution in [1.29, 1.82) is 0 Å². The van der Waals surface area contributed by atoms with Gasteiger partial charge in [-0.1, -0.05) is 35.8 Å². The maximum absolute atomic E-state index is 5.90. The minimum atomic E-state index is 0.426. The van der Waals surface area contributed by atoms with Crippen molar-refractivity contribution in [1.82, 2.24) is 4.98 Å². The molecule has 112 valence electrons. The van der Waals surface area contributed by atoms with Crippen molar-refractivity contribution in [3.05, 3.63) is 40.4 Å². The van der Waals surface area contributed by atoms with Crippen LogP contribution < -0.4 is 15.8 Å². The molecule has 0 aliphatic rings. The first kappa shape index (κ1) is 15.6. The van der Waals surface area contributed by atoms with E-state index in [1.54, 1.807) is 6.07 Å². The lowest BCUT2D eigenvalue weighted by molar-refractivity contribution is 0.263. The van der Waals surface area contributed by atoms with Gasteiger partial charge in [-0.25, -0.2) is 0 Å². The predicted molar refractivity (Wildman–Crippen MR) is 91.1 cm³/mol. The average Bonchev–Trinajstić information content (AvgIpc) is 2.44. The number of halogens is 1. The zero-order valence-corrected chi connectivity index (χ0v) is 14.1. The van der Waals surface area contributed by atoms with Gasteiger partial charge in [-0.05, 0) is 42.7 Å². The van der Waals surface area contributed by atoms with Gasteiger partial charge >= 0.3 is 0 Å². The molecule has 0 atom stereocenters. The monoisotopic (exact) mass is 349 g/mol. The van der Waals surface area contributed by atoms with Crippen molar-refractivity contribution in [2.45, 2.75) is 20.8 Å². The van der Waals surface area contributed by atoms with E-state index >= 15 is 0 Å². The first-order valence-corrected chi connectivity index (χ1v) is 7.68. The first-order chi connectivity index (χ1) is 9.97. The lowest BCUT2D eigenvalue weighted by Gasteiger charge is -2.13. The Labute approximate surface area is 133 Å². The van der Waals surface area contributed by atoms with Crippen LogP contribution in [0.3, 0.4) is 0 Å². The van der Waals surface area contributed by atoms with E-state index in [-0.39, 0.29) is 0 Å². The summed E-state index contributed by atoms with van der Waals surface area (Å²) < 4.78 is 6.70. The summed E-state index contributed by atoms with van der Waals surface area (Å²) in [5, 5.41) is 3.29. The number of benzene rings is 1. The third-order valence-electron chi connectivity index (χ3n) is 2.97. The third kappa shape index (κ3) is 4.11. The van der Waals surface area contributed by atoms with Crippen molar-refractivity contribution in [3.63, 3.8) is 0 Å². The molecular weight excluding hydrogens is 330 g/mol. The fourth-order valence-corrected chi connectivity index (χ4v) is 2.13. The Morgan fingerprint density at radius 3 is 2.76 bits per heavy atom. The van der Waals surface area contributed by atoms with Crippen molar-refractivity contribution in [2.75, 3.05) is 17.7 Å². The number of pyridine rings is 1. The number of rotatable bonds is 5. The van der Waals surface area contributed by atoms with Gasteiger partial charge in [-0.15, -0.1) is 0 Å². The number of hydrogen-bond acceptors (Lipinski definition) is 4. The Kier molecular flexibility index (Phi) is 5.07. The van der Waals surface area contributed by atoms with Crippen molar-refractivity contribution < 1.29 is 4.74 Å². The molecule has 0 aliphatic carbocycles. The number of nitrogens with one attached hydrogen (secondary N) is 1. The molecule has 0 aliphatic heterocycles. The highest BCUT2D eigenvalue weighted by molar-refractivity contribution is 9.10. The number of hydrogen-bond donors (Lipinski definition) is 2. The molecule has 3 N–H and O–H groups in total. The number of nitrogen functional groups attached to an aromatic ring is 1. The predicted octanol–water partition coefficient (Wildman–Crippen LogP) is 4.51. The molecule has 2 aromatic rings. The van der Waals surface area contributed by atoms with Gasteiger partial charge in [-0.2, -0.15) is 4.98 Å². The molecule has 21 heavy (non-hydrogen) atoms. The summed E-state index contributed by atoms with van der Waals surface area (Å²) in [6.07, 6.45) is 0. The molecule has 0 saturated carbocycles. The molecule has 4 nitrogen and oxygen atoms in total. The lowest BCUT2D eigenvalue weighted by atomic mass is 10.2. The molecule has 0 spiro atoms. The standard InChI is InChI=1S/C16H20BrN3O/c1-10(2)9-21-16-13(18)7-8-15(20-16)19-14-6-4-5-12(17)11(14)3/h4-8,10H,9,18H2,1-3H3,(H,19,20). The van der Waals surface area contributed by atoms with Crippen LogP contribution in [0.2, 0.25) is 0 Å². The smallest absolute Gasteiger partial charge is 0.239 e. The van der Waals surface area contributed by atoms with E-state index in [9.17, 15) is 0 Å². The van der Waals surface area contributed by atoms with Crippen LogP contribution in [0, 0.1) is 12.8 Å². The van der Waals surface area contributed by atoms with Crippen LogP contribution in [0.15, 0.2) is 34.8 Å². The van der Waals surface area contributed by atoms with E-state index in [0.29, 0.717) is 29.9 Å². The molecule has 0 unspecified atom stereocenters. The second-order valence-corrected chi connectivity index (χ2v) is 6.19. The topological polar surface area (TPSA) is 60.2 Å². The zero-order valence-electron chi connectivity index (χ0n) is 12.5. The second kappa shape index (κ2) is 6.80. The summed E-state index contributed by atoms with van der Waals surface area (Å²) in [4.78, 5) is 4.44. The van der Waals surface area contributed by atoms with E-state index in [1.807, 2.05) is 31.2 Å². The highest BCUT2D eigenvalue weighted by atomic mass is 79.9. The van der Waals surface area contributed by atoms with Crippen molar-refractivity contribution in [2.24, 2.45) is 5.92 Å². The zero-order chi connectivity index (χ0) is 15.4. The van der Waals surface area contributed by atoms with Gasteiger partial charge in [0.15, 0.2) is 0 Å². The van der Waals surface area contributed by atoms with Crippen LogP contribution in [0.5, 0.6) is 5.88 Å². The van der Waals surface area contributed by atoms with Crippen LogP contribution in [0.25, 0.3) is 0 Å². The van der Waals surface area contributed by atoms with Crippen LogP contribution in [-0.2, 0) is 0 Å². The van der Waals surface area contributed by atoms with E-state index in [4.69, 9.17) is 10.5 Å². The van der Waals surface area contributed by atoms with Gasteiger partial charge in [0.2, 0.25) is 5.88 Å². The van der Waals surface area contributed by atoms with E-state index < -0.39 is 0 Å². The molecule has 1 aromatic carbocycles. The number of aromatic nitrogens is 1. The fourth-order valence-electron chi connectivity index (χ4n) is 1.76. The summed E-state index contributed by atoms with van der Waals surface area (Å²) in [7, 11) is 0. The Hall–Kier alpha value is -1.75. The Balaban J connectivity index is 2.20. The fraction of sp³-hybridized carbons (Fsp3) is 0.312. The van der Waals surface area contributed by atoms with Gasteiger partial charge in [0, 0.05) is 10.2 Å². The summed E-state index contributed by atoms with van der Waals surface area (Å²) in [6, 6.07) is 9.64. The number of ether oxygens (including phenoxy) is 1. The number of anilines is 3. The molecule has 0 saturated heterocycles. The second-order valence-electron chi connectivity index (χ2n) is 5.33. The minimum absolute atomic E-state index is 0.426. The third-order valence-corrected chi connectivity index (χ3v) is 3.83. The van der Waals surface area contributed by atoms with Gasteiger partial charge in [0.1, 0.15) is 5.82 Å². The van der Waals surface area contributed by atoms with Gasteiger partial charge in [0.25, 0.3) is 0 Å². The normalized spacial score (nSPS) is 10.7. The van der Waals surface area contributed by atoms with Gasteiger partial charge in [0.05, 0.1) is 12.3 Å². The highest BCUT2D eigenvalue weighted by Gasteiger charge is 2.08. The summed E-state index contributed by atoms with van der Waals surface area (Å²) in [6.45, 7) is 6.81. The Bertz CT molecular complexity index is 629. The average molecular weight is 350 g/mol. The molecule has 0 fully saturated rings. The maximum Gasteiger partial charge on any atom is 0.239 e. The largest absolute Gasteiger partial charge is 0.476 e. The van der Waals surface area contributed by atoms with Crippen LogP contribution in [0.4, 0.5) is 17.2 Å². The van der Waals surface area contributed by atoms with Crippen LogP contribution in [0.1, 0.15) is 19.4 Å². The first-order valence-electron chi connectivity index (χ1n) is 6.89. The number of nitrogens with two attached hydrogens (primary N) is 1. The van der Waals surface area contributed by atoms with E-state index in [2.05, 4.69) is 40.1 Å². The van der Waals surface area contributed by atoms with Crippen LogP contribution >= 0.6 is 15.9 Å². The lowest BCUT2D eigenvalue weighted by Crippen LogP contribution is -2.08. The van der Waals surface area contributed by atoms with Gasteiger partial charge < -0.3 is 15.8 Å². The molecule has 2 rings (SSSR count). The Morgan fingerprint density at radius 1 is 1.29 bits per heavy atom. The SMILES string of the molecule is Cc1c(Br)cccc1Nc1ccc(N)c(OCC(C)C)n1. The Morgan fingerprint density at radius 2 is 2.05 bits per heavy atom. The molecular formula is C16H20BrN3O. The molecule has 1 heterocycles. The van der Waals surface area contributed by atoms with Crippen molar-refractivity contribution in [3.8, 4) is 5.88 Å². The summed E-state index contributed by atoms with van der Waals surface area (Å²) in [5.41, 5.74) is 8.57. The van der Waals surface area contributed by atoms with Gasteiger partial charge in [-0.3, -0.25) is 0 Å². The van der Waals surface area contributed by atoms with Crippen molar-refractivity contribution >= 4 is 33.1 Å². The van der Waals surface area contributed by atoms with E-state index in [0.717, 1.165) is 15.7 Å². The number of nitrogens with zero attached hydrogens (tertiary/aromatic N) is 1. The van der Waals surface area contributed by atoms with Crippen LogP contribution in [-0.4, -0.2) is 11.6 Å². The summed E-state index contributed by atoms with van der Waals surface area (Å²) >= 11 is 3.52. The molecule has 0 amide bonds. The minimum Gasteiger partial charge on any atom is -0.476 e. The molecule has 5 heteroatoms. The molecule has 0 radical (unpaired) electrons. The summed E-state index contributed by atoms with van der Waals surface area (Å²) in [5.74, 6) is 1.61. The molecule has 1 aromatic heterocycles.